The van der Waals surface area contributed by atoms with Gasteiger partial charge < -0.3 is 9.80 Å². The van der Waals surface area contributed by atoms with Crippen LogP contribution in [0.15, 0.2) is 42.5 Å². The van der Waals surface area contributed by atoms with Crippen LogP contribution < -0.4 is 0 Å². The van der Waals surface area contributed by atoms with Gasteiger partial charge in [0.1, 0.15) is 5.82 Å². The standard InChI is InChI=1S/C27H30F7N3O2S/c1-35(25(38)20-12-21(26(29,30)31)14-22(13-20)27(32,33)34)15-19(18-2-4-23(28)5-3-18)6-7-36-16-24(17-36)37-8-10-40(39)11-9-37/h2-5,12-14,19,24H,6-11,15-17H2,1H3. The average molecular weight is 594 g/mol. The molecular weight excluding hydrogens is 563 g/mol. The summed E-state index contributed by atoms with van der Waals surface area (Å²) in [5.74, 6) is -0.433. The molecule has 0 bridgehead atoms. The molecule has 0 aromatic heterocycles. The van der Waals surface area contributed by atoms with E-state index in [0.29, 0.717) is 48.2 Å². The fraction of sp³-hybridized carbons (Fsp3) is 0.519. The number of likely N-dealkylation sites (N-methyl/N-ethyl adjacent to an activating group) is 1. The third kappa shape index (κ3) is 7.61. The first-order valence-corrected chi connectivity index (χ1v) is 14.3. The van der Waals surface area contributed by atoms with Crippen LogP contribution in [0.1, 0.15) is 39.4 Å². The van der Waals surface area contributed by atoms with E-state index >= 15 is 0 Å². The number of amides is 1. The van der Waals surface area contributed by atoms with Crippen molar-refractivity contribution in [2.45, 2.75) is 30.7 Å². The Morgan fingerprint density at radius 2 is 1.52 bits per heavy atom. The highest BCUT2D eigenvalue weighted by molar-refractivity contribution is 7.85. The third-order valence-corrected chi connectivity index (χ3v) is 8.75. The predicted octanol–water partition coefficient (Wildman–Crippen LogP) is 4.86. The van der Waals surface area contributed by atoms with E-state index in [4.69, 9.17) is 0 Å². The van der Waals surface area contributed by atoms with Gasteiger partial charge in [-0.05, 0) is 48.9 Å². The largest absolute Gasteiger partial charge is 0.416 e. The topological polar surface area (TPSA) is 43.9 Å². The number of rotatable bonds is 8. The first kappa shape index (κ1) is 30.4. The highest BCUT2D eigenvalue weighted by Crippen LogP contribution is 2.36. The molecule has 5 nitrogen and oxygen atoms in total. The number of benzene rings is 2. The fourth-order valence-electron chi connectivity index (χ4n) is 5.12. The van der Waals surface area contributed by atoms with Gasteiger partial charge in [-0.2, -0.15) is 26.3 Å². The summed E-state index contributed by atoms with van der Waals surface area (Å²) >= 11 is 0. The summed E-state index contributed by atoms with van der Waals surface area (Å²) in [6, 6.07) is 6.89. The van der Waals surface area contributed by atoms with Gasteiger partial charge in [0.25, 0.3) is 5.91 Å². The molecule has 0 N–H and O–H groups in total. The Labute approximate surface area is 230 Å². The molecule has 13 heteroatoms. The molecule has 2 fully saturated rings. The normalized spacial score (nSPS) is 18.9. The van der Waals surface area contributed by atoms with Crippen LogP contribution in [0.4, 0.5) is 30.7 Å². The Balaban J connectivity index is 1.45. The average Bonchev–Trinajstić information content (AvgIpc) is 2.86. The van der Waals surface area contributed by atoms with Gasteiger partial charge in [-0.3, -0.25) is 13.9 Å². The maximum atomic E-state index is 13.6. The number of likely N-dealkylation sites (tertiary alicyclic amines) is 1. The van der Waals surface area contributed by atoms with Crippen molar-refractivity contribution in [3.63, 3.8) is 0 Å². The van der Waals surface area contributed by atoms with E-state index in [-0.39, 0.29) is 18.5 Å². The van der Waals surface area contributed by atoms with Crippen LogP contribution in [0.3, 0.4) is 0 Å². The van der Waals surface area contributed by atoms with Crippen molar-refractivity contribution in [1.82, 2.24) is 14.7 Å². The number of carbonyl (C=O) groups excluding carboxylic acids is 1. The lowest BCUT2D eigenvalue weighted by atomic mass is 9.93. The van der Waals surface area contributed by atoms with Crippen molar-refractivity contribution in [2.24, 2.45) is 0 Å². The second kappa shape index (κ2) is 12.2. The molecule has 220 valence electrons. The van der Waals surface area contributed by atoms with Gasteiger partial charge in [0.05, 0.1) is 11.1 Å². The number of alkyl halides is 6. The maximum absolute atomic E-state index is 13.6. The van der Waals surface area contributed by atoms with Crippen LogP contribution in [0.5, 0.6) is 0 Å². The summed E-state index contributed by atoms with van der Waals surface area (Å²) in [7, 11) is 0.568. The molecular formula is C27H30F7N3O2S. The summed E-state index contributed by atoms with van der Waals surface area (Å²) in [6.45, 7) is 3.88. The summed E-state index contributed by atoms with van der Waals surface area (Å²) in [4.78, 5) is 18.7. The van der Waals surface area contributed by atoms with E-state index in [1.807, 2.05) is 0 Å². The number of hydrogen-bond donors (Lipinski definition) is 0. The highest BCUT2D eigenvalue weighted by atomic mass is 32.2. The zero-order chi connectivity index (χ0) is 29.2. The molecule has 0 saturated carbocycles. The highest BCUT2D eigenvalue weighted by Gasteiger charge is 2.38. The van der Waals surface area contributed by atoms with E-state index in [1.165, 1.54) is 19.2 Å². The van der Waals surface area contributed by atoms with E-state index < -0.39 is 51.6 Å². The molecule has 1 amide bonds. The Kier molecular flexibility index (Phi) is 9.25. The summed E-state index contributed by atoms with van der Waals surface area (Å²) in [5.41, 5.74) is -3.12. The Bertz CT molecular complexity index is 1170. The summed E-state index contributed by atoms with van der Waals surface area (Å²) < 4.78 is 105. The van der Waals surface area contributed by atoms with E-state index in [9.17, 15) is 39.7 Å². The quantitative estimate of drug-likeness (QED) is 0.411. The smallest absolute Gasteiger partial charge is 0.341 e. The van der Waals surface area contributed by atoms with Gasteiger partial charge in [0, 0.05) is 79.6 Å². The zero-order valence-electron chi connectivity index (χ0n) is 21.8. The predicted molar refractivity (Wildman–Crippen MR) is 137 cm³/mol. The van der Waals surface area contributed by atoms with Crippen LogP contribution in [0, 0.1) is 5.82 Å². The van der Waals surface area contributed by atoms with Gasteiger partial charge in [-0.25, -0.2) is 4.39 Å². The van der Waals surface area contributed by atoms with Crippen molar-refractivity contribution in [3.8, 4) is 0 Å². The molecule has 2 saturated heterocycles. The van der Waals surface area contributed by atoms with E-state index in [0.717, 1.165) is 31.1 Å². The minimum absolute atomic E-state index is 0.0112. The minimum atomic E-state index is -5.06. The molecule has 1 atom stereocenters. The molecule has 40 heavy (non-hydrogen) atoms. The monoisotopic (exact) mass is 593 g/mol. The molecule has 2 aliphatic heterocycles. The summed E-state index contributed by atoms with van der Waals surface area (Å²) in [6.07, 6.45) is -9.59. The SMILES string of the molecule is CN(CC(CCN1CC(N2CCS(=O)CC2)C1)c1ccc(F)cc1)C(=O)c1cc(C(F)(F)F)cc(C(F)(F)F)c1. The van der Waals surface area contributed by atoms with E-state index in [2.05, 4.69) is 9.80 Å². The molecule has 2 aliphatic rings. The van der Waals surface area contributed by atoms with Crippen LogP contribution in [0.2, 0.25) is 0 Å². The number of hydrogen-bond acceptors (Lipinski definition) is 4. The molecule has 4 rings (SSSR count). The van der Waals surface area contributed by atoms with Crippen molar-refractivity contribution in [1.29, 1.82) is 0 Å². The Morgan fingerprint density at radius 3 is 2.05 bits per heavy atom. The Morgan fingerprint density at radius 1 is 0.975 bits per heavy atom. The van der Waals surface area contributed by atoms with Crippen molar-refractivity contribution >= 4 is 16.7 Å². The lowest BCUT2D eigenvalue weighted by Gasteiger charge is -2.47. The first-order valence-electron chi connectivity index (χ1n) is 12.8. The number of nitrogens with zero attached hydrogens (tertiary/aromatic N) is 3. The molecule has 0 aliphatic carbocycles. The summed E-state index contributed by atoms with van der Waals surface area (Å²) in [5, 5.41) is 0. The van der Waals surface area contributed by atoms with Gasteiger partial charge in [-0.15, -0.1) is 0 Å². The van der Waals surface area contributed by atoms with Crippen molar-refractivity contribution in [2.75, 3.05) is 57.8 Å². The molecule has 2 heterocycles. The molecule has 2 aromatic carbocycles. The lowest BCUT2D eigenvalue weighted by molar-refractivity contribution is -0.143. The fourth-order valence-corrected chi connectivity index (χ4v) is 6.20. The lowest BCUT2D eigenvalue weighted by Crippen LogP contribution is -2.61. The third-order valence-electron chi connectivity index (χ3n) is 7.48. The second-order valence-corrected chi connectivity index (χ2v) is 12.0. The number of carbonyl (C=O) groups is 1. The molecule has 0 spiro atoms. The van der Waals surface area contributed by atoms with Crippen LogP contribution in [-0.2, 0) is 23.2 Å². The van der Waals surface area contributed by atoms with Gasteiger partial charge >= 0.3 is 12.4 Å². The molecule has 1 unspecified atom stereocenters. The molecule has 2 aromatic rings. The van der Waals surface area contributed by atoms with Gasteiger partial charge in [-0.1, -0.05) is 12.1 Å². The van der Waals surface area contributed by atoms with E-state index in [1.54, 1.807) is 12.1 Å². The number of halogens is 7. The second-order valence-electron chi connectivity index (χ2n) is 10.3. The Hall–Kier alpha value is -2.51. The minimum Gasteiger partial charge on any atom is -0.341 e. The van der Waals surface area contributed by atoms with Gasteiger partial charge in [0.2, 0.25) is 0 Å². The van der Waals surface area contributed by atoms with Gasteiger partial charge in [0.15, 0.2) is 0 Å². The van der Waals surface area contributed by atoms with Crippen LogP contribution in [0.25, 0.3) is 0 Å². The zero-order valence-corrected chi connectivity index (χ0v) is 22.6. The molecule has 0 radical (unpaired) electrons. The van der Waals surface area contributed by atoms with Crippen molar-refractivity contribution < 1.29 is 39.7 Å². The van der Waals surface area contributed by atoms with Crippen LogP contribution in [-0.4, -0.2) is 88.7 Å². The van der Waals surface area contributed by atoms with Crippen LogP contribution >= 0.6 is 0 Å². The van der Waals surface area contributed by atoms with Crippen molar-refractivity contribution in [3.05, 3.63) is 70.5 Å². The maximum Gasteiger partial charge on any atom is 0.416 e. The first-order chi connectivity index (χ1) is 18.7.